The monoisotopic (exact) mass is 418 g/mol. The van der Waals surface area contributed by atoms with E-state index in [0.717, 1.165) is 16.6 Å². The van der Waals surface area contributed by atoms with E-state index in [9.17, 15) is 23.2 Å². The number of aliphatic carboxylic acids is 1. The maximum Gasteiger partial charge on any atom is 0.323 e. The highest BCUT2D eigenvalue weighted by molar-refractivity contribution is 7.89. The van der Waals surface area contributed by atoms with Gasteiger partial charge in [0.2, 0.25) is 0 Å². The molecule has 0 spiro atoms. The van der Waals surface area contributed by atoms with Crippen LogP contribution < -0.4 is 4.72 Å². The number of carboxylic acid groups (broad SMARTS) is 1. The smallest absolute Gasteiger partial charge is 0.323 e. The molecule has 1 aliphatic carbocycles. The Kier molecular flexibility index (Phi) is 5.33. The summed E-state index contributed by atoms with van der Waals surface area (Å²) in [6, 6.07) is 9.93. The maximum atomic E-state index is 13.9. The van der Waals surface area contributed by atoms with Gasteiger partial charge in [-0.25, -0.2) is 8.78 Å². The lowest BCUT2D eigenvalue weighted by Crippen LogP contribution is -2.43. The number of aromatic nitrogens is 1. The molecule has 0 amide bonds. The number of nitrogens with zero attached hydrogens (tertiary/aromatic N) is 1. The number of carbonyl (C=O) groups is 1. The number of carboxylic acids is 1. The van der Waals surface area contributed by atoms with Crippen molar-refractivity contribution in [2.24, 2.45) is 0 Å². The lowest BCUT2D eigenvalue weighted by molar-refractivity contribution is -0.137. The van der Waals surface area contributed by atoms with Crippen molar-refractivity contribution in [1.29, 1.82) is 0 Å². The molecule has 1 atom stereocenters. The van der Waals surface area contributed by atoms with Crippen LogP contribution in [0, 0.1) is 18.6 Å². The van der Waals surface area contributed by atoms with Gasteiger partial charge in [0.05, 0.1) is 17.4 Å². The fourth-order valence-electron chi connectivity index (χ4n) is 4.06. The largest absolute Gasteiger partial charge is 0.593 e. The highest BCUT2D eigenvalue weighted by Crippen LogP contribution is 2.43. The van der Waals surface area contributed by atoms with Crippen molar-refractivity contribution >= 4 is 28.2 Å². The average molecular weight is 418 g/mol. The summed E-state index contributed by atoms with van der Waals surface area (Å²) in [6.07, 6.45) is 1.41. The second kappa shape index (κ2) is 7.78. The lowest BCUT2D eigenvalue weighted by atomic mass is 9.75. The molecule has 1 saturated carbocycles. The van der Waals surface area contributed by atoms with Gasteiger partial charge < -0.3 is 14.2 Å². The first-order chi connectivity index (χ1) is 13.8. The van der Waals surface area contributed by atoms with Crippen molar-refractivity contribution in [1.82, 2.24) is 9.29 Å². The van der Waals surface area contributed by atoms with Crippen LogP contribution in [-0.2, 0) is 22.7 Å². The van der Waals surface area contributed by atoms with Gasteiger partial charge >= 0.3 is 5.97 Å². The molecule has 5 nitrogen and oxygen atoms in total. The molecule has 1 unspecified atom stereocenters. The summed E-state index contributed by atoms with van der Waals surface area (Å²) in [5, 5.41) is 9.96. The molecule has 8 heteroatoms. The van der Waals surface area contributed by atoms with Crippen LogP contribution in [0.1, 0.15) is 30.0 Å². The fourth-order valence-corrected chi connectivity index (χ4v) is 5.08. The Morgan fingerprint density at radius 1 is 1.21 bits per heavy atom. The zero-order chi connectivity index (χ0) is 20.7. The Bertz CT molecular complexity index is 1060. The second-order valence-electron chi connectivity index (χ2n) is 7.35. The van der Waals surface area contributed by atoms with E-state index < -0.39 is 17.3 Å². The maximum absolute atomic E-state index is 13.9. The summed E-state index contributed by atoms with van der Waals surface area (Å²) < 4.78 is 44.0. The Balaban J connectivity index is 1.53. The van der Waals surface area contributed by atoms with Crippen LogP contribution in [0.25, 0.3) is 10.9 Å². The van der Waals surface area contributed by atoms with E-state index in [-0.39, 0.29) is 30.1 Å². The Labute approximate surface area is 169 Å². The van der Waals surface area contributed by atoms with Gasteiger partial charge in [0.25, 0.3) is 0 Å². The van der Waals surface area contributed by atoms with Crippen LogP contribution in [0.4, 0.5) is 8.78 Å². The summed E-state index contributed by atoms with van der Waals surface area (Å²) in [5.74, 6) is -1.58. The van der Waals surface area contributed by atoms with E-state index in [4.69, 9.17) is 0 Å². The van der Waals surface area contributed by atoms with E-state index in [1.165, 1.54) is 36.4 Å². The van der Waals surface area contributed by atoms with Gasteiger partial charge in [-0.2, -0.15) is 0 Å². The second-order valence-corrected chi connectivity index (χ2v) is 8.59. The van der Waals surface area contributed by atoms with Gasteiger partial charge in [-0.15, -0.1) is 4.72 Å². The van der Waals surface area contributed by atoms with Crippen LogP contribution in [0.2, 0.25) is 0 Å². The van der Waals surface area contributed by atoms with Crippen LogP contribution in [0.3, 0.4) is 0 Å². The van der Waals surface area contributed by atoms with Gasteiger partial charge in [0, 0.05) is 16.6 Å². The molecule has 1 fully saturated rings. The molecule has 0 aliphatic heterocycles. The average Bonchev–Trinajstić information content (AvgIpc) is 2.89. The third-order valence-corrected chi connectivity index (χ3v) is 6.72. The topological polar surface area (TPSA) is 77.3 Å². The first-order valence-corrected chi connectivity index (χ1v) is 10.4. The minimum absolute atomic E-state index is 0.0109. The normalized spacial score (nSPS) is 19.9. The fraction of sp³-hybridized carbons (Fsp3) is 0.286. The Morgan fingerprint density at radius 3 is 2.52 bits per heavy atom. The minimum Gasteiger partial charge on any atom is -0.593 e. The predicted molar refractivity (Wildman–Crippen MR) is 106 cm³/mol. The zero-order valence-corrected chi connectivity index (χ0v) is 16.5. The summed E-state index contributed by atoms with van der Waals surface area (Å²) >= 11 is -1.44. The molecular formula is C21H20F2N2O3S. The highest BCUT2D eigenvalue weighted by Gasteiger charge is 2.37. The zero-order valence-electron chi connectivity index (χ0n) is 15.7. The van der Waals surface area contributed by atoms with Crippen molar-refractivity contribution in [3.8, 4) is 0 Å². The van der Waals surface area contributed by atoms with Crippen LogP contribution >= 0.6 is 0 Å². The van der Waals surface area contributed by atoms with Crippen molar-refractivity contribution in [2.75, 3.05) is 0 Å². The molecule has 152 valence electrons. The molecule has 4 rings (SSSR count). The molecule has 1 heterocycles. The molecule has 0 saturated heterocycles. The summed E-state index contributed by atoms with van der Waals surface area (Å²) in [4.78, 5) is 11.8. The molecule has 3 aromatic rings. The Hall–Kier alpha value is -2.42. The predicted octanol–water partition coefficient (Wildman–Crippen LogP) is 3.87. The van der Waals surface area contributed by atoms with Gasteiger partial charge in [0.15, 0.2) is 4.90 Å². The van der Waals surface area contributed by atoms with Crippen LogP contribution in [-0.4, -0.2) is 26.2 Å². The molecule has 29 heavy (non-hydrogen) atoms. The standard InChI is InChI=1S/C21H20F2N2O3S/c1-12-21(18-10-15(23)4-7-19(18)25(12)11-20(26)27)13-8-16(9-13)24-29(28)17-5-2-14(22)3-6-17/h2-7,10,13,16,24H,8-9,11H2,1H3,(H,26,27). The lowest BCUT2D eigenvalue weighted by Gasteiger charge is -2.35. The molecule has 1 aliphatic rings. The van der Waals surface area contributed by atoms with Crippen molar-refractivity contribution in [3.63, 3.8) is 0 Å². The van der Waals surface area contributed by atoms with E-state index in [0.29, 0.717) is 23.3 Å². The number of halogens is 2. The quantitative estimate of drug-likeness (QED) is 0.596. The first kappa shape index (κ1) is 19.9. The van der Waals surface area contributed by atoms with Crippen LogP contribution in [0.5, 0.6) is 0 Å². The number of benzene rings is 2. The Morgan fingerprint density at radius 2 is 1.86 bits per heavy atom. The van der Waals surface area contributed by atoms with Crippen molar-refractivity contribution in [3.05, 3.63) is 65.4 Å². The highest BCUT2D eigenvalue weighted by atomic mass is 32.2. The number of hydrogen-bond acceptors (Lipinski definition) is 3. The van der Waals surface area contributed by atoms with E-state index in [2.05, 4.69) is 4.72 Å². The molecular weight excluding hydrogens is 398 g/mol. The van der Waals surface area contributed by atoms with Crippen molar-refractivity contribution in [2.45, 2.75) is 43.2 Å². The van der Waals surface area contributed by atoms with E-state index in [1.54, 1.807) is 10.6 Å². The molecule has 1 aromatic heterocycles. The third-order valence-electron chi connectivity index (χ3n) is 5.48. The third kappa shape index (κ3) is 3.88. The van der Waals surface area contributed by atoms with E-state index in [1.807, 2.05) is 6.92 Å². The number of fused-ring (bicyclic) bond motifs is 1. The van der Waals surface area contributed by atoms with Crippen LogP contribution in [0.15, 0.2) is 47.4 Å². The number of hydrogen-bond donors (Lipinski definition) is 2. The minimum atomic E-state index is -1.44. The SMILES string of the molecule is Cc1c(C2CC(N[S+]([O-])c3ccc(F)cc3)C2)c2cc(F)ccc2n1CC(=O)O. The molecule has 2 aromatic carbocycles. The molecule has 0 bridgehead atoms. The number of rotatable bonds is 6. The van der Waals surface area contributed by atoms with Gasteiger partial charge in [0.1, 0.15) is 18.2 Å². The van der Waals surface area contributed by atoms with Crippen molar-refractivity contribution < 1.29 is 23.2 Å². The van der Waals surface area contributed by atoms with Gasteiger partial charge in [-0.3, -0.25) is 4.79 Å². The summed E-state index contributed by atoms with van der Waals surface area (Å²) in [5.41, 5.74) is 2.47. The van der Waals surface area contributed by atoms with E-state index >= 15 is 0 Å². The molecule has 0 radical (unpaired) electrons. The summed E-state index contributed by atoms with van der Waals surface area (Å²) in [6.45, 7) is 1.67. The van der Waals surface area contributed by atoms with Gasteiger partial charge in [-0.1, -0.05) is 0 Å². The first-order valence-electron chi connectivity index (χ1n) is 9.27. The van der Waals surface area contributed by atoms with Gasteiger partial charge in [-0.05, 0) is 73.7 Å². The summed E-state index contributed by atoms with van der Waals surface area (Å²) in [7, 11) is 0. The number of nitrogens with one attached hydrogen (secondary N) is 1. The molecule has 2 N–H and O–H groups in total.